The maximum atomic E-state index is 12.9. The van der Waals surface area contributed by atoms with Crippen LogP contribution in [-0.4, -0.2) is 47.9 Å². The molecule has 1 aromatic heterocycles. The first-order chi connectivity index (χ1) is 14.2. The van der Waals surface area contributed by atoms with E-state index in [0.717, 1.165) is 12.1 Å². The average Bonchev–Trinajstić information content (AvgIpc) is 2.69. The number of nitrogens with one attached hydrogen (secondary N) is 2. The van der Waals surface area contributed by atoms with Gasteiger partial charge < -0.3 is 10.6 Å². The molecule has 2 N–H and O–H groups in total. The van der Waals surface area contributed by atoms with Gasteiger partial charge in [-0.05, 0) is 43.2 Å². The predicted molar refractivity (Wildman–Crippen MR) is 102 cm³/mol. The lowest BCUT2D eigenvalue weighted by Gasteiger charge is -2.32. The minimum atomic E-state index is -4.48. The van der Waals surface area contributed by atoms with Crippen molar-refractivity contribution in [3.05, 3.63) is 53.7 Å². The van der Waals surface area contributed by atoms with Crippen LogP contribution in [0.5, 0.6) is 0 Å². The number of carbonyl (C=O) groups is 1. The quantitative estimate of drug-likeness (QED) is 0.674. The van der Waals surface area contributed by atoms with E-state index in [0.29, 0.717) is 25.9 Å². The molecule has 2 heterocycles. The Bertz CT molecular complexity index is 866. The maximum absolute atomic E-state index is 12.9. The van der Waals surface area contributed by atoms with E-state index in [4.69, 9.17) is 0 Å². The Balaban J connectivity index is 1.66. The van der Waals surface area contributed by atoms with Crippen LogP contribution in [0.25, 0.3) is 0 Å². The summed E-state index contributed by atoms with van der Waals surface area (Å²) in [6, 6.07) is 7.51. The first-order valence-corrected chi connectivity index (χ1v) is 9.43. The highest BCUT2D eigenvalue weighted by Crippen LogP contribution is 2.31. The van der Waals surface area contributed by atoms with Gasteiger partial charge in [0.2, 0.25) is 0 Å². The molecule has 0 radical (unpaired) electrons. The van der Waals surface area contributed by atoms with Crippen LogP contribution >= 0.6 is 0 Å². The number of halogens is 5. The van der Waals surface area contributed by atoms with E-state index in [2.05, 4.69) is 15.6 Å². The molecule has 1 aliphatic rings. The Morgan fingerprint density at radius 2 is 1.90 bits per heavy atom. The Morgan fingerprint density at radius 1 is 1.17 bits per heavy atom. The molecule has 30 heavy (non-hydrogen) atoms. The van der Waals surface area contributed by atoms with Gasteiger partial charge in [-0.2, -0.15) is 13.2 Å². The van der Waals surface area contributed by atoms with E-state index in [1.54, 1.807) is 11.0 Å². The summed E-state index contributed by atoms with van der Waals surface area (Å²) in [5, 5.41) is 5.63. The first kappa shape index (κ1) is 21.9. The van der Waals surface area contributed by atoms with E-state index < -0.39 is 24.1 Å². The fraction of sp³-hybridized carbons (Fsp3) is 0.400. The largest absolute Gasteiger partial charge is 0.416 e. The van der Waals surface area contributed by atoms with Crippen molar-refractivity contribution >= 4 is 17.4 Å². The van der Waals surface area contributed by atoms with Crippen molar-refractivity contribution in [3.8, 4) is 0 Å². The van der Waals surface area contributed by atoms with Crippen molar-refractivity contribution in [1.29, 1.82) is 0 Å². The van der Waals surface area contributed by atoms with E-state index in [9.17, 15) is 26.7 Å². The first-order valence-electron chi connectivity index (χ1n) is 9.43. The molecule has 3 rings (SSSR count). The van der Waals surface area contributed by atoms with Crippen molar-refractivity contribution in [3.63, 3.8) is 0 Å². The Morgan fingerprint density at radius 3 is 2.57 bits per heavy atom. The average molecular weight is 428 g/mol. The van der Waals surface area contributed by atoms with Gasteiger partial charge in [0.15, 0.2) is 0 Å². The lowest BCUT2D eigenvalue weighted by Crippen LogP contribution is -2.45. The lowest BCUT2D eigenvalue weighted by molar-refractivity contribution is -0.137. The van der Waals surface area contributed by atoms with Gasteiger partial charge in [-0.15, -0.1) is 0 Å². The molecule has 2 aromatic rings. The highest BCUT2D eigenvalue weighted by atomic mass is 19.4. The van der Waals surface area contributed by atoms with Crippen molar-refractivity contribution in [2.45, 2.75) is 31.5 Å². The Hall–Kier alpha value is -2.75. The number of hydrogen-bond acceptors (Lipinski definition) is 4. The van der Waals surface area contributed by atoms with E-state index in [1.165, 1.54) is 24.4 Å². The number of hydrogen-bond donors (Lipinski definition) is 2. The van der Waals surface area contributed by atoms with Crippen LogP contribution in [0.1, 0.15) is 28.8 Å². The predicted octanol–water partition coefficient (Wildman–Crippen LogP) is 4.30. The zero-order valence-corrected chi connectivity index (χ0v) is 15.9. The van der Waals surface area contributed by atoms with Crippen molar-refractivity contribution < 1.29 is 26.7 Å². The molecule has 0 bridgehead atoms. The maximum Gasteiger partial charge on any atom is 0.416 e. The third-order valence-electron chi connectivity index (χ3n) is 4.82. The number of aromatic nitrogens is 1. The normalized spacial score (nSPS) is 15.9. The molecule has 1 aliphatic heterocycles. The topological polar surface area (TPSA) is 57.3 Å². The number of nitrogens with zero attached hydrogens (tertiary/aromatic N) is 2. The van der Waals surface area contributed by atoms with Gasteiger partial charge in [0.25, 0.3) is 12.3 Å². The fourth-order valence-electron chi connectivity index (χ4n) is 3.32. The van der Waals surface area contributed by atoms with Crippen molar-refractivity contribution in [2.75, 3.05) is 25.0 Å². The van der Waals surface area contributed by atoms with Gasteiger partial charge >= 0.3 is 6.18 Å². The third kappa shape index (κ3) is 5.88. The summed E-state index contributed by atoms with van der Waals surface area (Å²) >= 11 is 0. The minimum Gasteiger partial charge on any atom is -0.349 e. The molecule has 5 nitrogen and oxygen atoms in total. The second-order valence-electron chi connectivity index (χ2n) is 7.04. The minimum absolute atomic E-state index is 0.129. The molecular weight excluding hydrogens is 407 g/mol. The Labute approximate surface area is 170 Å². The molecule has 1 amide bonds. The van der Waals surface area contributed by atoms with Crippen LogP contribution in [-0.2, 0) is 6.18 Å². The van der Waals surface area contributed by atoms with E-state index >= 15 is 0 Å². The number of carbonyl (C=O) groups excluding carboxylic acids is 1. The van der Waals surface area contributed by atoms with Crippen LogP contribution < -0.4 is 10.6 Å². The zero-order chi connectivity index (χ0) is 21.7. The molecule has 162 valence electrons. The smallest absolute Gasteiger partial charge is 0.349 e. The molecule has 0 aliphatic carbocycles. The van der Waals surface area contributed by atoms with Crippen molar-refractivity contribution in [2.24, 2.45) is 0 Å². The second kappa shape index (κ2) is 9.38. The molecule has 0 spiro atoms. The summed E-state index contributed by atoms with van der Waals surface area (Å²) in [6.45, 7) is 0.629. The number of amides is 1. The molecule has 0 unspecified atom stereocenters. The number of rotatable bonds is 6. The van der Waals surface area contributed by atoms with Gasteiger partial charge in [-0.25, -0.2) is 13.8 Å². The lowest BCUT2D eigenvalue weighted by atomic mass is 10.0. The highest BCUT2D eigenvalue weighted by molar-refractivity contribution is 5.99. The Kier molecular flexibility index (Phi) is 6.86. The molecule has 10 heteroatoms. The molecule has 1 fully saturated rings. The van der Waals surface area contributed by atoms with Gasteiger partial charge in [0.05, 0.1) is 17.7 Å². The molecule has 1 saturated heterocycles. The molecular formula is C20H21F5N4O. The molecule has 1 aromatic carbocycles. The van der Waals surface area contributed by atoms with Crippen molar-refractivity contribution in [1.82, 2.24) is 15.2 Å². The van der Waals surface area contributed by atoms with E-state index in [1.807, 2.05) is 0 Å². The van der Waals surface area contributed by atoms with Crippen LogP contribution in [0.15, 0.2) is 42.6 Å². The highest BCUT2D eigenvalue weighted by Gasteiger charge is 2.30. The zero-order valence-electron chi connectivity index (χ0n) is 15.9. The van der Waals surface area contributed by atoms with E-state index in [-0.39, 0.29) is 29.7 Å². The third-order valence-corrected chi connectivity index (χ3v) is 4.82. The van der Waals surface area contributed by atoms with Crippen LogP contribution in [0.3, 0.4) is 0 Å². The van der Waals surface area contributed by atoms with Crippen LogP contribution in [0.2, 0.25) is 0 Å². The number of piperidine rings is 1. The standard InChI is InChI=1S/C20H21F5N4O/c21-17(22)12-29-9-6-14(7-10-29)28-19(30)16-5-2-8-26-18(16)27-15-4-1-3-13(11-15)20(23,24)25/h1-5,8,11,14,17H,6-7,9-10,12H2,(H,26,27)(H,28,30). The summed E-state index contributed by atoms with van der Waals surface area (Å²) in [4.78, 5) is 18.4. The van der Waals surface area contributed by atoms with Gasteiger partial charge in [0, 0.05) is 31.0 Å². The summed E-state index contributed by atoms with van der Waals surface area (Å²) in [7, 11) is 0. The summed E-state index contributed by atoms with van der Waals surface area (Å²) in [5.74, 6) is -0.297. The van der Waals surface area contributed by atoms with Gasteiger partial charge in [-0.1, -0.05) is 6.07 Å². The van der Waals surface area contributed by atoms with Crippen LogP contribution in [0, 0.1) is 0 Å². The monoisotopic (exact) mass is 428 g/mol. The summed E-state index contributed by atoms with van der Waals surface area (Å²) < 4.78 is 63.7. The number of benzene rings is 1. The van der Waals surface area contributed by atoms with Gasteiger partial charge in [-0.3, -0.25) is 9.69 Å². The SMILES string of the molecule is O=C(NC1CCN(CC(F)F)CC1)c1cccnc1Nc1cccc(C(F)(F)F)c1. The summed E-state index contributed by atoms with van der Waals surface area (Å²) in [6.07, 6.45) is -4.38. The molecule has 0 atom stereocenters. The fourth-order valence-corrected chi connectivity index (χ4v) is 3.32. The number of pyridine rings is 1. The van der Waals surface area contributed by atoms with Gasteiger partial charge in [0.1, 0.15) is 5.82 Å². The number of alkyl halides is 5. The summed E-state index contributed by atoms with van der Waals surface area (Å²) in [5.41, 5.74) is -0.479. The number of likely N-dealkylation sites (tertiary alicyclic amines) is 1. The van der Waals surface area contributed by atoms with Crippen LogP contribution in [0.4, 0.5) is 33.5 Å². The second-order valence-corrected chi connectivity index (χ2v) is 7.04. The number of anilines is 2. The molecule has 0 saturated carbocycles.